The number of hydrogen-bond donors (Lipinski definition) is 0. The molecule has 666 valence electrons. The summed E-state index contributed by atoms with van der Waals surface area (Å²) in [6.45, 7) is 8.64. The second-order valence-electron chi connectivity index (χ2n) is 37.2. The van der Waals surface area contributed by atoms with Gasteiger partial charge in [-0.1, -0.05) is 297 Å². The number of aryl methyl sites for hydroxylation is 4. The minimum atomic E-state index is 0.925. The fraction of sp³-hybridized carbons (Fsp3) is 0.0305. The van der Waals surface area contributed by atoms with E-state index in [1.165, 1.54) is 220 Å². The summed E-state index contributed by atoms with van der Waals surface area (Å²) in [4.78, 5) is 5.23. The van der Waals surface area contributed by atoms with E-state index in [9.17, 15) is 0 Å². The fourth-order valence-corrected chi connectivity index (χ4v) is 22.9. The average molecular weight is 1810 g/mol. The average Bonchev–Trinajstić information content (AvgIpc) is 1.52. The molecular weight excluding hydrogens is 1710 g/mol. The van der Waals surface area contributed by atoms with Crippen molar-refractivity contribution in [2.24, 2.45) is 0 Å². The Hall–Kier alpha value is -18.5. The van der Waals surface area contributed by atoms with E-state index < -0.39 is 0 Å². The highest BCUT2D eigenvalue weighted by atomic mass is 15.2. The van der Waals surface area contributed by atoms with Gasteiger partial charge in [-0.3, -0.25) is 8.97 Å². The molecule has 30 aromatic rings. The second-order valence-corrected chi connectivity index (χ2v) is 37.2. The van der Waals surface area contributed by atoms with Crippen molar-refractivity contribution < 1.29 is 0 Å². The summed E-state index contributed by atoms with van der Waals surface area (Å²) in [6, 6.07) is 175. The van der Waals surface area contributed by atoms with Crippen LogP contribution in [0, 0.1) is 27.7 Å². The molecule has 0 aliphatic rings. The Balaban J connectivity index is 0.0000000944. The Morgan fingerprint density at radius 1 is 0.163 bits per heavy atom. The zero-order valence-electron chi connectivity index (χ0n) is 78.2. The van der Waals surface area contributed by atoms with Gasteiger partial charge < -0.3 is 32.0 Å². The van der Waals surface area contributed by atoms with Crippen molar-refractivity contribution in [2.75, 3.05) is 0 Å². The molecule has 10 nitrogen and oxygen atoms in total. The highest BCUT2D eigenvalue weighted by molar-refractivity contribution is 6.30. The van der Waals surface area contributed by atoms with Crippen LogP contribution in [0.5, 0.6) is 0 Å². The van der Waals surface area contributed by atoms with Crippen LogP contribution in [0.3, 0.4) is 0 Å². The summed E-state index contributed by atoms with van der Waals surface area (Å²) in [5.74, 6) is 0.925. The van der Waals surface area contributed by atoms with E-state index in [0.29, 0.717) is 0 Å². The molecule has 0 amide bonds. The Kier molecular flexibility index (Phi) is 19.3. The molecule has 0 spiro atoms. The summed E-state index contributed by atoms with van der Waals surface area (Å²) in [6.07, 6.45) is 0. The normalized spacial score (nSPS) is 11.8. The molecule has 9 aromatic heterocycles. The van der Waals surface area contributed by atoms with Gasteiger partial charge in [-0.25, -0.2) is 4.98 Å². The molecule has 0 atom stereocenters. The molecular formula is C131H92N10. The van der Waals surface area contributed by atoms with Crippen molar-refractivity contribution in [3.8, 4) is 56.6 Å². The molecule has 0 saturated heterocycles. The second kappa shape index (κ2) is 33.2. The third-order valence-electron chi connectivity index (χ3n) is 28.8. The van der Waals surface area contributed by atoms with Crippen LogP contribution >= 0.6 is 0 Å². The highest BCUT2D eigenvalue weighted by Crippen LogP contribution is 2.48. The van der Waals surface area contributed by atoms with Crippen molar-refractivity contribution in [2.45, 2.75) is 27.7 Å². The zero-order chi connectivity index (χ0) is 93.6. The molecule has 30 rings (SSSR count). The Morgan fingerprint density at radius 2 is 0.475 bits per heavy atom. The maximum atomic E-state index is 5.23. The monoisotopic (exact) mass is 1800 g/mol. The molecule has 21 aromatic carbocycles. The van der Waals surface area contributed by atoms with Crippen molar-refractivity contribution in [3.05, 3.63) is 508 Å². The maximum absolute atomic E-state index is 5.23. The van der Waals surface area contributed by atoms with Crippen LogP contribution < -0.4 is 0 Å². The molecule has 0 unspecified atom stereocenters. The van der Waals surface area contributed by atoms with Gasteiger partial charge >= 0.3 is 0 Å². The largest absolute Gasteiger partial charge is 0.309 e. The topological polar surface area (TPSA) is 56.7 Å². The van der Waals surface area contributed by atoms with Crippen molar-refractivity contribution in [3.63, 3.8) is 0 Å². The van der Waals surface area contributed by atoms with E-state index in [-0.39, 0.29) is 0 Å². The van der Waals surface area contributed by atoms with Gasteiger partial charge in [0.15, 0.2) is 0 Å². The molecule has 0 aliphatic carbocycles. The summed E-state index contributed by atoms with van der Waals surface area (Å²) in [5.41, 5.74) is 38.5. The molecule has 0 aliphatic heterocycles. The van der Waals surface area contributed by atoms with Crippen molar-refractivity contribution >= 4 is 180 Å². The summed E-state index contributed by atoms with van der Waals surface area (Å²) < 4.78 is 21.5. The van der Waals surface area contributed by atoms with Crippen molar-refractivity contribution in [1.82, 2.24) is 45.9 Å². The van der Waals surface area contributed by atoms with E-state index in [1.807, 2.05) is 0 Å². The first kappa shape index (κ1) is 82.0. The quantitative estimate of drug-likeness (QED) is 0.142. The van der Waals surface area contributed by atoms with E-state index in [0.717, 1.165) is 39.2 Å². The lowest BCUT2D eigenvalue weighted by atomic mass is 9.99. The van der Waals surface area contributed by atoms with Gasteiger partial charge in [0.05, 0.1) is 105 Å². The predicted molar refractivity (Wildman–Crippen MR) is 594 cm³/mol. The SMILES string of the molecule is Cc1cccc(-n2c3ccccc3c3c2ccc2c4ccccc4n(-c4ccccc4)c23)c1.Cc1cccc(-n2c3ccccc3c3c4c5ccccc5n(-c5ccccc5)c4ccc32)c1.Cc1cccc(-n2c3ccccc3n3c4c(ccc5c6ccccc6n(-c6ccccc6)c54)nc23)c1.Cc1ccccc1-c1ccccc1-n1c2ccccc2c2cc(-n3c4ccccc4c4ccccc43)ccc21. The van der Waals surface area contributed by atoms with Crippen LogP contribution in [0.4, 0.5) is 0 Å². The van der Waals surface area contributed by atoms with Crippen LogP contribution in [0.25, 0.3) is 237 Å². The molecule has 0 N–H and O–H groups in total. The third kappa shape index (κ3) is 13.1. The van der Waals surface area contributed by atoms with Gasteiger partial charge in [0.1, 0.15) is 0 Å². The molecule has 0 saturated carbocycles. The smallest absolute Gasteiger partial charge is 0.220 e. The van der Waals surface area contributed by atoms with Gasteiger partial charge in [0, 0.05) is 121 Å². The molecule has 9 heterocycles. The Labute approximate surface area is 812 Å². The van der Waals surface area contributed by atoms with Crippen LogP contribution in [0.2, 0.25) is 0 Å². The zero-order valence-corrected chi connectivity index (χ0v) is 78.2. The van der Waals surface area contributed by atoms with Gasteiger partial charge in [-0.05, 0) is 244 Å². The molecule has 0 fully saturated rings. The van der Waals surface area contributed by atoms with Crippen LogP contribution in [-0.4, -0.2) is 45.9 Å². The number of benzene rings is 21. The van der Waals surface area contributed by atoms with Gasteiger partial charge in [-0.2, -0.15) is 0 Å². The summed E-state index contributed by atoms with van der Waals surface area (Å²) in [5, 5.41) is 17.9. The van der Waals surface area contributed by atoms with E-state index >= 15 is 0 Å². The molecule has 141 heavy (non-hydrogen) atoms. The van der Waals surface area contributed by atoms with Crippen LogP contribution in [0.15, 0.2) is 485 Å². The standard InChI is InChI=1S/C37H26N2.C32H22N4.2C31H22N2/c1-25-12-2-3-13-27(25)28-14-4-10-20-35(28)39-36-21-11-7-17-31(36)32-24-26(22-23-37(32)39)38-33-18-8-5-15-29(33)30-16-6-9-19-34(30)38;1-21-10-9-13-23(20-21)35-28-16-7-8-17-29(28)36-31-26(33-32(35)36)19-18-25-24-14-5-6-15-27(24)34(30(25)31)22-11-3-2-4-12-22;1-21-10-9-13-23(20-21)32-28-17-8-6-15-26(28)30-29(32)19-18-25-24-14-5-7-16-27(24)33(31(25)30)22-11-3-2-4-12-22;1-21-10-9-13-23(20-21)33-27-17-8-6-15-25(27)31-29(33)19-18-28-30(31)24-14-5-7-16-26(24)32(28)22-11-3-2-4-12-22/h2-24H,1H3;2-20H,1H3;2*2-20H,1H3. The Bertz CT molecular complexity index is 10200. The van der Waals surface area contributed by atoms with Gasteiger partial charge in [0.25, 0.3) is 0 Å². The van der Waals surface area contributed by atoms with E-state index in [4.69, 9.17) is 4.98 Å². The number of rotatable bonds is 9. The number of fused-ring (bicyclic) bond motifs is 29. The maximum Gasteiger partial charge on any atom is 0.220 e. The highest BCUT2D eigenvalue weighted by Gasteiger charge is 2.28. The molecule has 0 bridgehead atoms. The first-order valence-electron chi connectivity index (χ1n) is 48.5. The van der Waals surface area contributed by atoms with Crippen LogP contribution in [0.1, 0.15) is 22.3 Å². The predicted octanol–water partition coefficient (Wildman–Crippen LogP) is 34.1. The minimum absolute atomic E-state index is 0.925. The number of aromatic nitrogens is 10. The number of para-hydroxylation sites is 14. The fourth-order valence-electron chi connectivity index (χ4n) is 22.9. The van der Waals surface area contributed by atoms with Crippen molar-refractivity contribution in [1.29, 1.82) is 0 Å². The number of hydrogen-bond acceptors (Lipinski definition) is 1. The summed E-state index contributed by atoms with van der Waals surface area (Å²) in [7, 11) is 0. The van der Waals surface area contributed by atoms with E-state index in [1.54, 1.807) is 0 Å². The third-order valence-corrected chi connectivity index (χ3v) is 28.8. The van der Waals surface area contributed by atoms with Gasteiger partial charge in [0.2, 0.25) is 5.78 Å². The van der Waals surface area contributed by atoms with Crippen LogP contribution in [-0.2, 0) is 0 Å². The van der Waals surface area contributed by atoms with Gasteiger partial charge in [-0.15, -0.1) is 0 Å². The Morgan fingerprint density at radius 3 is 0.972 bits per heavy atom. The minimum Gasteiger partial charge on any atom is -0.309 e. The summed E-state index contributed by atoms with van der Waals surface area (Å²) >= 11 is 0. The number of nitrogens with zero attached hydrogens (tertiary/aromatic N) is 10. The first-order chi connectivity index (χ1) is 69.7. The first-order valence-corrected chi connectivity index (χ1v) is 48.5. The molecule has 10 heteroatoms. The lowest BCUT2D eigenvalue weighted by Crippen LogP contribution is -1.98. The number of imidazole rings is 2. The lowest BCUT2D eigenvalue weighted by molar-refractivity contribution is 1.10. The lowest BCUT2D eigenvalue weighted by Gasteiger charge is -2.15. The molecule has 0 radical (unpaired) electrons. The van der Waals surface area contributed by atoms with E-state index in [2.05, 4.69) is 554 Å².